The number of aromatic nitrogens is 4. The third kappa shape index (κ3) is 3.80. The number of ether oxygens (including phenoxy) is 1. The van der Waals surface area contributed by atoms with Gasteiger partial charge >= 0.3 is 0 Å². The van der Waals surface area contributed by atoms with Gasteiger partial charge in [0.25, 0.3) is 0 Å². The van der Waals surface area contributed by atoms with Gasteiger partial charge in [-0.15, -0.1) is 0 Å². The smallest absolute Gasteiger partial charge is 0.201 e. The lowest BCUT2D eigenvalue weighted by atomic mass is 10.1. The fourth-order valence-corrected chi connectivity index (χ4v) is 3.86. The fraction of sp³-hybridized carbons (Fsp3) is 0.688. The molecule has 0 spiro atoms. The molecule has 2 aromatic heterocycles. The highest BCUT2D eigenvalue weighted by atomic mass is 28.4. The van der Waals surface area contributed by atoms with E-state index in [0.717, 1.165) is 0 Å². The van der Waals surface area contributed by atoms with Gasteiger partial charge in [-0.1, -0.05) is 20.8 Å². The summed E-state index contributed by atoms with van der Waals surface area (Å²) in [6.07, 6.45) is -3.16. The largest absolute Gasteiger partial charge is 0.414 e. The molecule has 4 N–H and O–H groups in total. The van der Waals surface area contributed by atoms with Crippen LogP contribution in [0, 0.1) is 0 Å². The zero-order valence-electron chi connectivity index (χ0n) is 17.0. The number of imidazole rings is 1. The SMILES string of the molecule is CC(C)(C)[Si](C)(C)OCC1OC(n2c(N=[N+]=[N-])nc3c(N)ncnc32)C(O)C1O. The van der Waals surface area contributed by atoms with Crippen molar-refractivity contribution in [2.24, 2.45) is 5.11 Å². The first-order valence-electron chi connectivity index (χ1n) is 9.17. The van der Waals surface area contributed by atoms with E-state index in [1.54, 1.807) is 0 Å². The van der Waals surface area contributed by atoms with Crippen molar-refractivity contribution >= 4 is 31.2 Å². The van der Waals surface area contributed by atoms with Gasteiger partial charge in [-0.2, -0.15) is 0 Å². The number of nitrogen functional groups attached to an aromatic ring is 1. The van der Waals surface area contributed by atoms with Gasteiger partial charge in [0, 0.05) is 4.91 Å². The monoisotopic (exact) mass is 422 g/mol. The highest BCUT2D eigenvalue weighted by molar-refractivity contribution is 6.74. The minimum absolute atomic E-state index is 0.0156. The number of hydrogen-bond acceptors (Lipinski definition) is 9. The molecule has 0 radical (unpaired) electrons. The van der Waals surface area contributed by atoms with Crippen LogP contribution in [-0.2, 0) is 9.16 Å². The Labute approximate surface area is 168 Å². The topological polar surface area (TPSA) is 177 Å². The van der Waals surface area contributed by atoms with Crippen molar-refractivity contribution in [1.29, 1.82) is 0 Å². The molecule has 3 rings (SSSR count). The van der Waals surface area contributed by atoms with Crippen LogP contribution in [0.25, 0.3) is 21.6 Å². The molecule has 4 atom stereocenters. The van der Waals surface area contributed by atoms with E-state index in [1.807, 2.05) is 0 Å². The third-order valence-corrected chi connectivity index (χ3v) is 10.1. The second-order valence-corrected chi connectivity index (χ2v) is 13.3. The zero-order valence-corrected chi connectivity index (χ0v) is 18.0. The van der Waals surface area contributed by atoms with E-state index >= 15 is 0 Å². The highest BCUT2D eigenvalue weighted by Gasteiger charge is 2.47. The number of aliphatic hydroxyl groups is 2. The van der Waals surface area contributed by atoms with E-state index < -0.39 is 32.9 Å². The van der Waals surface area contributed by atoms with Crippen LogP contribution in [0.1, 0.15) is 27.0 Å². The van der Waals surface area contributed by atoms with Crippen molar-refractivity contribution in [3.05, 3.63) is 16.8 Å². The third-order valence-electron chi connectivity index (χ3n) is 5.63. The van der Waals surface area contributed by atoms with Crippen LogP contribution in [0.4, 0.5) is 11.8 Å². The Hall–Kier alpha value is -2.28. The van der Waals surface area contributed by atoms with E-state index in [1.165, 1.54) is 10.9 Å². The standard InChI is InChI=1S/C16H26N8O4Si/c1-16(2,3)29(4,5)27-6-8-10(25)11(26)14(28-8)24-13-9(12(17)19-7-20-13)21-15(24)22-23-18/h7-8,10-11,14,25-26H,6H2,1-5H3,(H2,17,19,20). The van der Waals surface area contributed by atoms with Crippen LogP contribution in [-0.4, -0.2) is 63.0 Å². The van der Waals surface area contributed by atoms with Crippen molar-refractivity contribution in [3.8, 4) is 0 Å². The molecule has 0 bridgehead atoms. The second-order valence-electron chi connectivity index (χ2n) is 8.52. The average Bonchev–Trinajstić information content (AvgIpc) is 3.12. The average molecular weight is 423 g/mol. The maximum Gasteiger partial charge on any atom is 0.201 e. The molecule has 12 nitrogen and oxygen atoms in total. The zero-order chi connectivity index (χ0) is 21.6. The van der Waals surface area contributed by atoms with Crippen LogP contribution in [0.5, 0.6) is 0 Å². The van der Waals surface area contributed by atoms with Gasteiger partial charge in [0.1, 0.15) is 24.6 Å². The van der Waals surface area contributed by atoms with Crippen molar-refractivity contribution < 1.29 is 19.4 Å². The minimum atomic E-state index is -2.08. The van der Waals surface area contributed by atoms with Crippen molar-refractivity contribution in [2.75, 3.05) is 12.3 Å². The van der Waals surface area contributed by atoms with Crippen LogP contribution in [0.15, 0.2) is 11.4 Å². The Bertz CT molecular complexity index is 952. The van der Waals surface area contributed by atoms with Gasteiger partial charge in [-0.05, 0) is 28.8 Å². The summed E-state index contributed by atoms with van der Waals surface area (Å²) in [4.78, 5) is 14.9. The van der Waals surface area contributed by atoms with Gasteiger partial charge in [-0.25, -0.2) is 15.0 Å². The van der Waals surface area contributed by atoms with E-state index in [2.05, 4.69) is 58.8 Å². The van der Waals surface area contributed by atoms with Crippen molar-refractivity contribution in [2.45, 2.75) is 63.4 Å². The van der Waals surface area contributed by atoms with E-state index in [9.17, 15) is 10.2 Å². The lowest BCUT2D eigenvalue weighted by molar-refractivity contribution is -0.0482. The minimum Gasteiger partial charge on any atom is -0.414 e. The van der Waals surface area contributed by atoms with Crippen molar-refractivity contribution in [1.82, 2.24) is 19.5 Å². The summed E-state index contributed by atoms with van der Waals surface area (Å²) in [6.45, 7) is 10.6. The number of rotatable bonds is 5. The van der Waals surface area contributed by atoms with E-state index in [0.29, 0.717) is 0 Å². The molecule has 1 saturated heterocycles. The maximum atomic E-state index is 10.6. The molecule has 158 valence electrons. The Morgan fingerprint density at radius 1 is 1.34 bits per heavy atom. The molecular formula is C16H26N8O4Si. The molecule has 0 aliphatic carbocycles. The Morgan fingerprint density at radius 3 is 2.66 bits per heavy atom. The molecule has 29 heavy (non-hydrogen) atoms. The molecule has 0 aromatic carbocycles. The lowest BCUT2D eigenvalue weighted by Crippen LogP contribution is -2.44. The first kappa shape index (κ1) is 21.4. The molecule has 0 amide bonds. The normalized spacial score (nSPS) is 25.3. The summed E-state index contributed by atoms with van der Waals surface area (Å²) in [6, 6.07) is 0. The summed E-state index contributed by atoms with van der Waals surface area (Å²) < 4.78 is 13.4. The Balaban J connectivity index is 1.92. The summed E-state index contributed by atoms with van der Waals surface area (Å²) >= 11 is 0. The maximum absolute atomic E-state index is 10.6. The Kier molecular flexibility index (Phi) is 5.55. The molecule has 1 aliphatic heterocycles. The van der Waals surface area contributed by atoms with Crippen LogP contribution >= 0.6 is 0 Å². The number of fused-ring (bicyclic) bond motifs is 1. The second kappa shape index (κ2) is 7.52. The predicted molar refractivity (Wildman–Crippen MR) is 108 cm³/mol. The van der Waals surface area contributed by atoms with Gasteiger partial charge in [0.05, 0.1) is 6.61 Å². The molecule has 13 heteroatoms. The van der Waals surface area contributed by atoms with Gasteiger partial charge in [0.15, 0.2) is 31.5 Å². The predicted octanol–water partition coefficient (Wildman–Crippen LogP) is 1.99. The first-order chi connectivity index (χ1) is 13.5. The van der Waals surface area contributed by atoms with Crippen LogP contribution < -0.4 is 5.73 Å². The summed E-state index contributed by atoms with van der Waals surface area (Å²) in [5.74, 6) is -0.00843. The Morgan fingerprint density at radius 2 is 2.03 bits per heavy atom. The van der Waals surface area contributed by atoms with E-state index in [4.69, 9.17) is 20.4 Å². The molecular weight excluding hydrogens is 396 g/mol. The van der Waals surface area contributed by atoms with E-state index in [-0.39, 0.29) is 34.6 Å². The highest BCUT2D eigenvalue weighted by Crippen LogP contribution is 2.39. The molecule has 1 fully saturated rings. The van der Waals surface area contributed by atoms with Gasteiger partial charge in [-0.3, -0.25) is 4.57 Å². The van der Waals surface area contributed by atoms with Crippen LogP contribution in [0.3, 0.4) is 0 Å². The molecule has 1 aliphatic rings. The number of aliphatic hydroxyl groups excluding tert-OH is 2. The molecule has 2 aromatic rings. The van der Waals surface area contributed by atoms with Gasteiger partial charge in [0.2, 0.25) is 5.95 Å². The molecule has 4 unspecified atom stereocenters. The first-order valence-corrected chi connectivity index (χ1v) is 12.1. The van der Waals surface area contributed by atoms with Crippen LogP contribution in [0.2, 0.25) is 18.1 Å². The van der Waals surface area contributed by atoms with Crippen molar-refractivity contribution in [3.63, 3.8) is 0 Å². The number of nitrogens with two attached hydrogens (primary N) is 1. The number of hydrogen-bond donors (Lipinski definition) is 3. The molecule has 3 heterocycles. The van der Waals surface area contributed by atoms with Gasteiger partial charge < -0.3 is 25.1 Å². The fourth-order valence-electron chi connectivity index (χ4n) is 2.85. The number of anilines is 1. The quantitative estimate of drug-likeness (QED) is 0.283. The number of nitrogens with zero attached hydrogens (tertiary/aromatic N) is 7. The lowest BCUT2D eigenvalue weighted by Gasteiger charge is -2.37. The summed E-state index contributed by atoms with van der Waals surface area (Å²) in [5.41, 5.74) is 15.1. The molecule has 0 saturated carbocycles. The summed E-state index contributed by atoms with van der Waals surface area (Å²) in [5, 5.41) is 24.7. The number of azide groups is 1. The summed E-state index contributed by atoms with van der Waals surface area (Å²) in [7, 11) is -2.08.